The second-order valence-electron chi connectivity index (χ2n) is 9.69. The molecule has 4 aliphatic rings. The van der Waals surface area contributed by atoms with E-state index in [0.29, 0.717) is 45.1 Å². The third-order valence-corrected chi connectivity index (χ3v) is 9.52. The van der Waals surface area contributed by atoms with E-state index in [-0.39, 0.29) is 18.6 Å². The molecule has 4 heterocycles. The maximum Gasteiger partial charge on any atom is 0.149 e. The van der Waals surface area contributed by atoms with Crippen LogP contribution < -0.4 is 10.2 Å². The number of hydrogen-bond acceptors (Lipinski definition) is 8. The van der Waals surface area contributed by atoms with Gasteiger partial charge in [-0.2, -0.15) is 5.26 Å². The number of anilines is 2. The van der Waals surface area contributed by atoms with Crippen molar-refractivity contribution in [2.75, 3.05) is 29.1 Å². The molecule has 0 amide bonds. The molecule has 10 heteroatoms. The van der Waals surface area contributed by atoms with Crippen molar-refractivity contribution in [1.82, 2.24) is 15.0 Å². The minimum Gasteiger partial charge on any atom is -0.394 e. The Morgan fingerprint density at radius 3 is 2.73 bits per heavy atom. The van der Waals surface area contributed by atoms with Crippen molar-refractivity contribution in [2.45, 2.75) is 60.9 Å². The van der Waals surface area contributed by atoms with Crippen molar-refractivity contribution in [3.63, 3.8) is 0 Å². The van der Waals surface area contributed by atoms with Gasteiger partial charge in [-0.3, -0.25) is 4.21 Å². The quantitative estimate of drug-likeness (QED) is 0.665. The molecule has 3 fully saturated rings. The highest BCUT2D eigenvalue weighted by atomic mass is 35.5. The first kappa shape index (κ1) is 21.3. The Hall–Kier alpha value is -2.28. The number of aliphatic hydroxyl groups excluding tert-OH is 1. The molecular weight excluding hydrogens is 460 g/mol. The van der Waals surface area contributed by atoms with Crippen LogP contribution in [-0.2, 0) is 17.2 Å². The lowest BCUT2D eigenvalue weighted by Gasteiger charge is -2.42. The molecule has 3 unspecified atom stereocenters. The van der Waals surface area contributed by atoms with E-state index in [1.165, 1.54) is 0 Å². The average molecular weight is 485 g/mol. The third kappa shape index (κ3) is 3.34. The Labute approximate surface area is 199 Å². The van der Waals surface area contributed by atoms with Crippen molar-refractivity contribution in [3.05, 3.63) is 34.5 Å². The van der Waals surface area contributed by atoms with Gasteiger partial charge in [-0.05, 0) is 38.0 Å². The van der Waals surface area contributed by atoms with Crippen LogP contribution in [0, 0.1) is 17.2 Å². The number of piperidine rings is 1. The number of rotatable bonds is 5. The van der Waals surface area contributed by atoms with Crippen molar-refractivity contribution in [1.29, 1.82) is 5.26 Å². The minimum absolute atomic E-state index is 0.00583. The minimum atomic E-state index is -1.18. The number of pyridine rings is 1. The topological polar surface area (TPSA) is 115 Å². The lowest BCUT2D eigenvalue weighted by Crippen LogP contribution is -2.48. The second kappa shape index (κ2) is 7.90. The van der Waals surface area contributed by atoms with E-state index in [1.54, 1.807) is 12.4 Å². The molecule has 0 aromatic carbocycles. The van der Waals surface area contributed by atoms with Crippen LogP contribution in [0.5, 0.6) is 0 Å². The first-order valence-corrected chi connectivity index (χ1v) is 13.2. The van der Waals surface area contributed by atoms with Gasteiger partial charge in [0.15, 0.2) is 0 Å². The number of halogens is 1. The van der Waals surface area contributed by atoms with Crippen LogP contribution in [0.1, 0.15) is 55.1 Å². The Morgan fingerprint density at radius 1 is 1.33 bits per heavy atom. The molecule has 2 saturated carbocycles. The standard InChI is InChI=1S/C23H25ClN6O2S/c24-14-9-26-21(27-10-14)16-7-15-6-13(16)11-30(15)22-17(8-25)19(29-23(12-31)3-1-4-23)20-18(28-22)2-5-33(20)32/h9-10,13,15-16,31H,1-7,11-12H2,(H,28,29)/t13?,15?,16?,33-/m1/s1. The van der Waals surface area contributed by atoms with E-state index in [4.69, 9.17) is 16.6 Å². The van der Waals surface area contributed by atoms with E-state index in [9.17, 15) is 14.6 Å². The summed E-state index contributed by atoms with van der Waals surface area (Å²) in [4.78, 5) is 16.7. The zero-order valence-corrected chi connectivity index (χ0v) is 19.7. The first-order valence-electron chi connectivity index (χ1n) is 11.5. The third-order valence-electron chi connectivity index (χ3n) is 7.86. The highest BCUT2D eigenvalue weighted by molar-refractivity contribution is 7.85. The van der Waals surface area contributed by atoms with Crippen LogP contribution in [0.15, 0.2) is 17.3 Å². The van der Waals surface area contributed by atoms with E-state index in [2.05, 4.69) is 26.3 Å². The van der Waals surface area contributed by atoms with Gasteiger partial charge in [0.05, 0.1) is 44.2 Å². The Balaban J connectivity index is 1.36. The second-order valence-corrected chi connectivity index (χ2v) is 11.6. The lowest BCUT2D eigenvalue weighted by atomic mass is 9.77. The van der Waals surface area contributed by atoms with E-state index < -0.39 is 16.3 Å². The summed E-state index contributed by atoms with van der Waals surface area (Å²) < 4.78 is 12.8. The monoisotopic (exact) mass is 484 g/mol. The molecule has 8 nitrogen and oxygen atoms in total. The zero-order valence-electron chi connectivity index (χ0n) is 18.1. The van der Waals surface area contributed by atoms with Crippen LogP contribution in [0.3, 0.4) is 0 Å². The SMILES string of the molecule is N#Cc1c(N2CC3CC2CC3c2ncc(Cl)cn2)nc2c(c1NC1(CO)CCC1)[S@](=O)CC2. The first-order chi connectivity index (χ1) is 16.0. The van der Waals surface area contributed by atoms with Gasteiger partial charge in [-0.25, -0.2) is 15.0 Å². The van der Waals surface area contributed by atoms with Gasteiger partial charge in [-0.1, -0.05) is 11.6 Å². The normalized spacial score (nSPS) is 28.9. The lowest BCUT2D eigenvalue weighted by molar-refractivity contribution is 0.144. The number of aliphatic hydroxyl groups is 1. The fourth-order valence-corrected chi connectivity index (χ4v) is 7.45. The maximum atomic E-state index is 12.8. The largest absolute Gasteiger partial charge is 0.394 e. The van der Waals surface area contributed by atoms with Crippen LogP contribution in [-0.4, -0.2) is 54.8 Å². The molecule has 4 atom stereocenters. The molecule has 1 saturated heterocycles. The van der Waals surface area contributed by atoms with Crippen LogP contribution in [0.25, 0.3) is 0 Å². The van der Waals surface area contributed by atoms with E-state index in [1.807, 2.05) is 0 Å². The Kier molecular flexibility index (Phi) is 5.09. The molecule has 0 radical (unpaired) electrons. The van der Waals surface area contributed by atoms with E-state index >= 15 is 0 Å². The Bertz CT molecular complexity index is 1170. The van der Waals surface area contributed by atoms with Gasteiger partial charge in [-0.15, -0.1) is 0 Å². The Morgan fingerprint density at radius 2 is 2.12 bits per heavy atom. The number of hydrogen-bond donors (Lipinski definition) is 2. The summed E-state index contributed by atoms with van der Waals surface area (Å²) in [7, 11) is -1.18. The molecular formula is C23H25ClN6O2S. The average Bonchev–Trinajstić information content (AvgIpc) is 3.50. The number of aryl methyl sites for hydroxylation is 1. The summed E-state index contributed by atoms with van der Waals surface area (Å²) in [6.07, 6.45) is 8.57. The highest BCUT2D eigenvalue weighted by Crippen LogP contribution is 2.50. The molecule has 0 spiro atoms. The molecule has 2 aliphatic carbocycles. The van der Waals surface area contributed by atoms with Crippen molar-refractivity contribution in [2.24, 2.45) is 5.92 Å². The summed E-state index contributed by atoms with van der Waals surface area (Å²) in [5, 5.41) is 24.3. The summed E-state index contributed by atoms with van der Waals surface area (Å²) in [5.74, 6) is 2.72. The summed E-state index contributed by atoms with van der Waals surface area (Å²) in [6.45, 7) is 0.781. The smallest absolute Gasteiger partial charge is 0.149 e. The molecule has 2 aromatic heterocycles. The van der Waals surface area contributed by atoms with Crippen LogP contribution >= 0.6 is 11.6 Å². The van der Waals surface area contributed by atoms with Crippen molar-refractivity contribution >= 4 is 33.9 Å². The number of nitrogens with one attached hydrogen (secondary N) is 1. The van der Waals surface area contributed by atoms with Crippen molar-refractivity contribution in [3.8, 4) is 6.07 Å². The molecule has 2 bridgehead atoms. The summed E-state index contributed by atoms with van der Waals surface area (Å²) in [6, 6.07) is 2.63. The molecule has 6 rings (SSSR count). The predicted octanol–water partition coefficient (Wildman–Crippen LogP) is 2.77. The van der Waals surface area contributed by atoms with Gasteiger partial charge >= 0.3 is 0 Å². The van der Waals surface area contributed by atoms with Crippen LogP contribution in [0.4, 0.5) is 11.5 Å². The molecule has 2 aliphatic heterocycles. The fraction of sp³-hybridized carbons (Fsp3) is 0.565. The van der Waals surface area contributed by atoms with Crippen LogP contribution in [0.2, 0.25) is 5.02 Å². The number of aromatic nitrogens is 3. The maximum absolute atomic E-state index is 12.8. The van der Waals surface area contributed by atoms with Crippen molar-refractivity contribution < 1.29 is 9.32 Å². The van der Waals surface area contributed by atoms with Gasteiger partial charge < -0.3 is 15.3 Å². The summed E-state index contributed by atoms with van der Waals surface area (Å²) >= 11 is 5.96. The zero-order chi connectivity index (χ0) is 22.7. The van der Waals surface area contributed by atoms with E-state index in [0.717, 1.165) is 50.2 Å². The summed E-state index contributed by atoms with van der Waals surface area (Å²) in [5.41, 5.74) is 1.46. The van der Waals surface area contributed by atoms with Gasteiger partial charge in [0.1, 0.15) is 23.3 Å². The number of nitrogens with zero attached hydrogens (tertiary/aromatic N) is 5. The molecule has 33 heavy (non-hydrogen) atoms. The predicted molar refractivity (Wildman–Crippen MR) is 125 cm³/mol. The van der Waals surface area contributed by atoms with Gasteiger partial charge in [0.25, 0.3) is 0 Å². The number of fused-ring (bicyclic) bond motifs is 3. The fourth-order valence-electron chi connectivity index (χ4n) is 5.98. The molecule has 172 valence electrons. The number of nitriles is 1. The molecule has 2 aromatic rings. The highest BCUT2D eigenvalue weighted by Gasteiger charge is 2.48. The van der Waals surface area contributed by atoms with Gasteiger partial charge in [0, 0.05) is 43.1 Å². The molecule has 2 N–H and O–H groups in total. The van der Waals surface area contributed by atoms with Gasteiger partial charge in [0.2, 0.25) is 0 Å².